The summed E-state index contributed by atoms with van der Waals surface area (Å²) in [5, 5.41) is 10.1. The lowest BCUT2D eigenvalue weighted by Gasteiger charge is -2.22. The Labute approximate surface area is 145 Å². The number of hydrogen-bond acceptors (Lipinski definition) is 3. The van der Waals surface area contributed by atoms with E-state index in [4.69, 9.17) is 5.73 Å². The molecular formula is C19H37NO2S. The molecular weight excluding hydrogens is 306 g/mol. The molecule has 136 valence electrons. The van der Waals surface area contributed by atoms with Crippen molar-refractivity contribution in [2.75, 3.05) is 12.3 Å². The highest BCUT2D eigenvalue weighted by Crippen LogP contribution is 2.25. The van der Waals surface area contributed by atoms with Gasteiger partial charge in [0.15, 0.2) is 0 Å². The van der Waals surface area contributed by atoms with Gasteiger partial charge in [-0.25, -0.2) is 0 Å². The van der Waals surface area contributed by atoms with Gasteiger partial charge in [-0.15, -0.1) is 0 Å². The van der Waals surface area contributed by atoms with Crippen LogP contribution in [0.2, 0.25) is 0 Å². The maximum Gasteiger partial charge on any atom is 0.0799 e. The molecule has 0 aromatic heterocycles. The molecule has 0 saturated heterocycles. The van der Waals surface area contributed by atoms with Crippen molar-refractivity contribution >= 4 is 10.8 Å². The summed E-state index contributed by atoms with van der Waals surface area (Å²) in [6, 6.07) is 0. The summed E-state index contributed by atoms with van der Waals surface area (Å²) in [4.78, 5) is 0. The van der Waals surface area contributed by atoms with E-state index in [9.17, 15) is 9.32 Å². The first-order valence-electron chi connectivity index (χ1n) is 9.18. The first kappa shape index (κ1) is 22.6. The van der Waals surface area contributed by atoms with Crippen molar-refractivity contribution in [2.45, 2.75) is 77.6 Å². The Hall–Kier alpha value is -0.450. The van der Waals surface area contributed by atoms with Gasteiger partial charge >= 0.3 is 0 Å². The van der Waals surface area contributed by atoms with E-state index in [-0.39, 0.29) is 5.25 Å². The fourth-order valence-electron chi connectivity index (χ4n) is 2.88. The molecule has 0 aromatic carbocycles. The van der Waals surface area contributed by atoms with Gasteiger partial charge in [-0.1, -0.05) is 51.3 Å². The second kappa shape index (κ2) is 13.9. The zero-order valence-corrected chi connectivity index (χ0v) is 16.3. The van der Waals surface area contributed by atoms with E-state index in [1.54, 1.807) is 0 Å². The number of aliphatic hydroxyl groups excluding tert-OH is 1. The van der Waals surface area contributed by atoms with Crippen LogP contribution in [0.15, 0.2) is 23.8 Å². The summed E-state index contributed by atoms with van der Waals surface area (Å²) in [6.07, 6.45) is 12.1. The summed E-state index contributed by atoms with van der Waals surface area (Å²) in [6.45, 7) is 8.36. The monoisotopic (exact) mass is 343 g/mol. The van der Waals surface area contributed by atoms with Crippen molar-refractivity contribution in [1.29, 1.82) is 0 Å². The SMILES string of the molecule is C/C=C\C(=C/C(C)S(=O)CC1CCCCC1)C(O)CCN.CC. The average Bonchev–Trinajstić information content (AvgIpc) is 2.57. The molecule has 0 heterocycles. The second-order valence-electron chi connectivity index (χ2n) is 6.02. The predicted octanol–water partition coefficient (Wildman–Crippen LogP) is 3.94. The number of nitrogens with two attached hydrogens (primary N) is 1. The van der Waals surface area contributed by atoms with Gasteiger partial charge < -0.3 is 10.8 Å². The van der Waals surface area contributed by atoms with E-state index >= 15 is 0 Å². The van der Waals surface area contributed by atoms with E-state index in [1.807, 2.05) is 45.9 Å². The molecule has 0 radical (unpaired) electrons. The molecule has 4 heteroatoms. The van der Waals surface area contributed by atoms with Gasteiger partial charge in [-0.3, -0.25) is 4.21 Å². The highest BCUT2D eigenvalue weighted by Gasteiger charge is 2.19. The molecule has 0 aliphatic heterocycles. The molecule has 3 unspecified atom stereocenters. The zero-order chi connectivity index (χ0) is 17.7. The zero-order valence-electron chi connectivity index (χ0n) is 15.5. The normalized spacial score (nSPS) is 20.7. The average molecular weight is 344 g/mol. The van der Waals surface area contributed by atoms with Crippen molar-refractivity contribution in [1.82, 2.24) is 0 Å². The molecule has 0 aromatic rings. The van der Waals surface area contributed by atoms with Crippen LogP contribution < -0.4 is 5.73 Å². The van der Waals surface area contributed by atoms with Gasteiger partial charge in [0.05, 0.1) is 11.4 Å². The lowest BCUT2D eigenvalue weighted by molar-refractivity contribution is 0.206. The molecule has 1 aliphatic carbocycles. The Kier molecular flexibility index (Phi) is 13.7. The molecule has 0 spiro atoms. The Morgan fingerprint density at radius 2 is 1.91 bits per heavy atom. The predicted molar refractivity (Wildman–Crippen MR) is 103 cm³/mol. The van der Waals surface area contributed by atoms with Crippen LogP contribution in [0.5, 0.6) is 0 Å². The van der Waals surface area contributed by atoms with Gasteiger partial charge in [-0.05, 0) is 51.1 Å². The fraction of sp³-hybridized carbons (Fsp3) is 0.789. The highest BCUT2D eigenvalue weighted by atomic mass is 32.2. The van der Waals surface area contributed by atoms with E-state index in [0.29, 0.717) is 18.9 Å². The molecule has 23 heavy (non-hydrogen) atoms. The van der Waals surface area contributed by atoms with Crippen LogP contribution in [0.3, 0.4) is 0 Å². The minimum Gasteiger partial charge on any atom is -0.388 e. The van der Waals surface area contributed by atoms with Crippen molar-refractivity contribution in [3.63, 3.8) is 0 Å². The van der Waals surface area contributed by atoms with Crippen LogP contribution in [-0.4, -0.2) is 33.0 Å². The van der Waals surface area contributed by atoms with E-state index < -0.39 is 16.9 Å². The van der Waals surface area contributed by atoms with Gasteiger partial charge in [0.2, 0.25) is 0 Å². The van der Waals surface area contributed by atoms with Crippen LogP contribution in [-0.2, 0) is 10.8 Å². The lowest BCUT2D eigenvalue weighted by atomic mass is 9.91. The topological polar surface area (TPSA) is 63.3 Å². The third kappa shape index (κ3) is 9.43. The summed E-state index contributed by atoms with van der Waals surface area (Å²) in [7, 11) is -0.860. The summed E-state index contributed by atoms with van der Waals surface area (Å²) < 4.78 is 12.5. The van der Waals surface area contributed by atoms with Crippen molar-refractivity contribution in [3.8, 4) is 0 Å². The van der Waals surface area contributed by atoms with Gasteiger partial charge in [0, 0.05) is 16.6 Å². The largest absolute Gasteiger partial charge is 0.388 e. The number of rotatable bonds is 8. The minimum absolute atomic E-state index is 0.0226. The Morgan fingerprint density at radius 1 is 1.30 bits per heavy atom. The van der Waals surface area contributed by atoms with E-state index in [1.165, 1.54) is 32.1 Å². The van der Waals surface area contributed by atoms with Crippen molar-refractivity contribution < 1.29 is 9.32 Å². The first-order valence-corrected chi connectivity index (χ1v) is 10.6. The standard InChI is InChI=1S/C17H31NO2S.C2H6/c1-3-7-16(17(19)10-11-18)12-14(2)21(20)13-15-8-5-4-6-9-15;1-2/h3,7,12,14-15,17,19H,4-6,8-11,13,18H2,1-2H3;1-2H3/b7-3-,16-12+;. The molecule has 3 nitrogen and oxygen atoms in total. The van der Waals surface area contributed by atoms with Crippen LogP contribution in [0.25, 0.3) is 0 Å². The summed E-state index contributed by atoms with van der Waals surface area (Å²) in [5.74, 6) is 1.42. The Balaban J connectivity index is 0.00000232. The number of allylic oxidation sites excluding steroid dienone is 1. The molecule has 1 aliphatic rings. The smallest absolute Gasteiger partial charge is 0.0799 e. The van der Waals surface area contributed by atoms with Crippen LogP contribution in [0.1, 0.15) is 66.2 Å². The maximum absolute atomic E-state index is 12.5. The van der Waals surface area contributed by atoms with Gasteiger partial charge in [0.1, 0.15) is 0 Å². The van der Waals surface area contributed by atoms with Gasteiger partial charge in [0.25, 0.3) is 0 Å². The Morgan fingerprint density at radius 3 is 2.43 bits per heavy atom. The van der Waals surface area contributed by atoms with Crippen molar-refractivity contribution in [3.05, 3.63) is 23.8 Å². The quantitative estimate of drug-likeness (QED) is 0.656. The summed E-state index contributed by atoms with van der Waals surface area (Å²) >= 11 is 0. The minimum atomic E-state index is -0.860. The first-order chi connectivity index (χ1) is 11.1. The third-order valence-corrected chi connectivity index (χ3v) is 5.92. The molecule has 1 rings (SSSR count). The molecule has 0 amide bonds. The molecule has 3 N–H and O–H groups in total. The maximum atomic E-state index is 12.5. The van der Waals surface area contributed by atoms with Gasteiger partial charge in [-0.2, -0.15) is 0 Å². The van der Waals surface area contributed by atoms with Crippen molar-refractivity contribution in [2.24, 2.45) is 11.7 Å². The molecule has 0 bridgehead atoms. The van der Waals surface area contributed by atoms with E-state index in [2.05, 4.69) is 0 Å². The molecule has 3 atom stereocenters. The molecule has 1 fully saturated rings. The molecule has 1 saturated carbocycles. The fourth-order valence-corrected chi connectivity index (χ4v) is 4.29. The second-order valence-corrected chi connectivity index (χ2v) is 7.85. The number of hydrogen-bond donors (Lipinski definition) is 2. The third-order valence-electron chi connectivity index (χ3n) is 4.15. The Bertz CT molecular complexity index is 374. The lowest BCUT2D eigenvalue weighted by Crippen LogP contribution is -2.22. The van der Waals surface area contributed by atoms with E-state index in [0.717, 1.165) is 11.3 Å². The van der Waals surface area contributed by atoms with Crippen LogP contribution >= 0.6 is 0 Å². The highest BCUT2D eigenvalue weighted by molar-refractivity contribution is 7.85. The van der Waals surface area contributed by atoms with Crippen LogP contribution in [0, 0.1) is 5.92 Å². The van der Waals surface area contributed by atoms with Crippen LogP contribution in [0.4, 0.5) is 0 Å². The number of aliphatic hydroxyl groups is 1. The summed E-state index contributed by atoms with van der Waals surface area (Å²) in [5.41, 5.74) is 6.35.